The molecule has 1 aliphatic rings. The largest absolute Gasteiger partial charge is 0.496 e. The first-order valence-corrected chi connectivity index (χ1v) is 8.94. The van der Waals surface area contributed by atoms with Crippen molar-refractivity contribution in [1.29, 1.82) is 0 Å². The second kappa shape index (κ2) is 7.87. The molecule has 0 saturated heterocycles. The van der Waals surface area contributed by atoms with E-state index in [-0.39, 0.29) is 30.4 Å². The Morgan fingerprint density at radius 1 is 1.35 bits per heavy atom. The van der Waals surface area contributed by atoms with Crippen LogP contribution in [0.1, 0.15) is 42.6 Å². The maximum absolute atomic E-state index is 13.6. The Kier molecular flexibility index (Phi) is 5.57. The number of ether oxygens (including phenoxy) is 1. The molecule has 5 heteroatoms. The highest BCUT2D eigenvalue weighted by Crippen LogP contribution is 2.30. The Morgan fingerprint density at radius 2 is 2.12 bits per heavy atom. The van der Waals surface area contributed by atoms with Gasteiger partial charge in [-0.25, -0.2) is 4.39 Å². The minimum atomic E-state index is -0.230. The summed E-state index contributed by atoms with van der Waals surface area (Å²) in [4.78, 5) is 14.6. The second-order valence-corrected chi connectivity index (χ2v) is 6.77. The van der Waals surface area contributed by atoms with E-state index in [0.29, 0.717) is 0 Å². The van der Waals surface area contributed by atoms with Gasteiger partial charge in [-0.15, -0.1) is 0 Å². The van der Waals surface area contributed by atoms with Crippen LogP contribution in [0.2, 0.25) is 0 Å². The molecule has 1 N–H and O–H groups in total. The number of hydrogen-bond acceptors (Lipinski definition) is 3. The maximum Gasteiger partial charge on any atom is 0.234 e. The third-order valence-electron chi connectivity index (χ3n) is 5.10. The molecule has 0 fully saturated rings. The molecule has 2 aromatic rings. The standard InChI is InChI=1S/C21H25FN2O2/c1-14(18-6-4-5-7-20(18)26-3)23-21(25)13-24-11-10-16-8-9-17(22)12-19(16)15(24)2/h4-9,12,14-15H,10-11,13H2,1-3H3,(H,23,25). The number of methoxy groups -OCH3 is 1. The molecule has 0 saturated carbocycles. The van der Waals surface area contributed by atoms with Crippen molar-refractivity contribution in [3.63, 3.8) is 0 Å². The first kappa shape index (κ1) is 18.4. The number of hydrogen-bond donors (Lipinski definition) is 1. The van der Waals surface area contributed by atoms with Crippen molar-refractivity contribution in [2.75, 3.05) is 20.2 Å². The number of nitrogens with one attached hydrogen (secondary N) is 1. The van der Waals surface area contributed by atoms with E-state index in [2.05, 4.69) is 10.2 Å². The fraction of sp³-hybridized carbons (Fsp3) is 0.381. The van der Waals surface area contributed by atoms with E-state index in [1.165, 1.54) is 6.07 Å². The highest BCUT2D eigenvalue weighted by molar-refractivity contribution is 5.78. The van der Waals surface area contributed by atoms with Gasteiger partial charge in [0.2, 0.25) is 5.91 Å². The van der Waals surface area contributed by atoms with Crippen molar-refractivity contribution < 1.29 is 13.9 Å². The topological polar surface area (TPSA) is 41.6 Å². The van der Waals surface area contributed by atoms with Gasteiger partial charge in [-0.1, -0.05) is 24.3 Å². The molecule has 2 atom stereocenters. The lowest BCUT2D eigenvalue weighted by Gasteiger charge is -2.35. The fourth-order valence-electron chi connectivity index (χ4n) is 3.63. The molecular formula is C21H25FN2O2. The van der Waals surface area contributed by atoms with Gasteiger partial charge >= 0.3 is 0 Å². The number of amides is 1. The van der Waals surface area contributed by atoms with Crippen LogP contribution in [0.4, 0.5) is 4.39 Å². The Morgan fingerprint density at radius 3 is 2.88 bits per heavy atom. The number of benzene rings is 2. The number of carbonyl (C=O) groups is 1. The summed E-state index contributed by atoms with van der Waals surface area (Å²) in [6.07, 6.45) is 0.829. The number of nitrogens with zero attached hydrogens (tertiary/aromatic N) is 1. The number of fused-ring (bicyclic) bond motifs is 1. The van der Waals surface area contributed by atoms with Crippen molar-refractivity contribution in [3.8, 4) is 5.75 Å². The Labute approximate surface area is 154 Å². The molecule has 4 nitrogen and oxygen atoms in total. The molecule has 1 aliphatic heterocycles. The normalized spacial score (nSPS) is 18.1. The first-order valence-electron chi connectivity index (χ1n) is 8.94. The average molecular weight is 356 g/mol. The first-order chi connectivity index (χ1) is 12.5. The Balaban J connectivity index is 1.65. The zero-order chi connectivity index (χ0) is 18.7. The van der Waals surface area contributed by atoms with E-state index >= 15 is 0 Å². The predicted octanol–water partition coefficient (Wildman–Crippen LogP) is 3.63. The SMILES string of the molecule is COc1ccccc1C(C)NC(=O)CN1CCc2ccc(F)cc2C1C. The van der Waals surface area contributed by atoms with Crippen LogP contribution in [0.5, 0.6) is 5.75 Å². The van der Waals surface area contributed by atoms with Crippen molar-refractivity contribution in [3.05, 3.63) is 65.0 Å². The monoisotopic (exact) mass is 356 g/mol. The van der Waals surface area contributed by atoms with Gasteiger partial charge in [0.25, 0.3) is 0 Å². The quantitative estimate of drug-likeness (QED) is 0.889. The van der Waals surface area contributed by atoms with Crippen LogP contribution >= 0.6 is 0 Å². The molecule has 3 rings (SSSR count). The number of para-hydroxylation sites is 1. The van der Waals surface area contributed by atoms with Gasteiger partial charge < -0.3 is 10.1 Å². The van der Waals surface area contributed by atoms with Gasteiger partial charge in [-0.3, -0.25) is 9.69 Å². The van der Waals surface area contributed by atoms with E-state index < -0.39 is 0 Å². The van der Waals surface area contributed by atoms with Crippen LogP contribution in [-0.2, 0) is 11.2 Å². The summed E-state index contributed by atoms with van der Waals surface area (Å²) >= 11 is 0. The highest BCUT2D eigenvalue weighted by atomic mass is 19.1. The number of halogens is 1. The molecule has 26 heavy (non-hydrogen) atoms. The molecule has 0 aromatic heterocycles. The van der Waals surface area contributed by atoms with Gasteiger partial charge in [-0.2, -0.15) is 0 Å². The molecule has 0 bridgehead atoms. The summed E-state index contributed by atoms with van der Waals surface area (Å²) in [5.74, 6) is 0.484. The number of rotatable bonds is 5. The van der Waals surface area contributed by atoms with Crippen LogP contribution in [0.15, 0.2) is 42.5 Å². The zero-order valence-corrected chi connectivity index (χ0v) is 15.5. The van der Waals surface area contributed by atoms with Gasteiger partial charge in [0.15, 0.2) is 0 Å². The van der Waals surface area contributed by atoms with Crippen molar-refractivity contribution in [1.82, 2.24) is 10.2 Å². The lowest BCUT2D eigenvalue weighted by atomic mass is 9.93. The van der Waals surface area contributed by atoms with Crippen LogP contribution in [0.25, 0.3) is 0 Å². The second-order valence-electron chi connectivity index (χ2n) is 6.77. The average Bonchev–Trinajstić information content (AvgIpc) is 2.64. The lowest BCUT2D eigenvalue weighted by Crippen LogP contribution is -2.42. The van der Waals surface area contributed by atoms with Crippen molar-refractivity contribution in [2.24, 2.45) is 0 Å². The van der Waals surface area contributed by atoms with E-state index in [0.717, 1.165) is 35.4 Å². The number of carbonyl (C=O) groups excluding carboxylic acids is 1. The molecule has 2 unspecified atom stereocenters. The van der Waals surface area contributed by atoms with E-state index in [1.807, 2.05) is 44.2 Å². The van der Waals surface area contributed by atoms with Gasteiger partial charge in [-0.05, 0) is 49.6 Å². The summed E-state index contributed by atoms with van der Waals surface area (Å²) in [6, 6.07) is 12.5. The Hall–Kier alpha value is -2.40. The third kappa shape index (κ3) is 3.88. The fourth-order valence-corrected chi connectivity index (χ4v) is 3.63. The van der Waals surface area contributed by atoms with Gasteiger partial charge in [0.1, 0.15) is 11.6 Å². The third-order valence-corrected chi connectivity index (χ3v) is 5.10. The summed E-state index contributed by atoms with van der Waals surface area (Å²) in [5, 5.41) is 3.04. The van der Waals surface area contributed by atoms with Gasteiger partial charge in [0.05, 0.1) is 19.7 Å². The van der Waals surface area contributed by atoms with Crippen molar-refractivity contribution in [2.45, 2.75) is 32.4 Å². The summed E-state index contributed by atoms with van der Waals surface area (Å²) in [7, 11) is 1.62. The zero-order valence-electron chi connectivity index (χ0n) is 15.5. The highest BCUT2D eigenvalue weighted by Gasteiger charge is 2.26. The molecule has 138 valence electrons. The van der Waals surface area contributed by atoms with E-state index in [9.17, 15) is 9.18 Å². The molecule has 0 aliphatic carbocycles. The summed E-state index contributed by atoms with van der Waals surface area (Å²) < 4.78 is 18.9. The van der Waals surface area contributed by atoms with Gasteiger partial charge in [0, 0.05) is 18.2 Å². The van der Waals surface area contributed by atoms with E-state index in [4.69, 9.17) is 4.74 Å². The molecule has 1 heterocycles. The smallest absolute Gasteiger partial charge is 0.234 e. The molecule has 1 amide bonds. The van der Waals surface area contributed by atoms with E-state index in [1.54, 1.807) is 13.2 Å². The van der Waals surface area contributed by atoms with Crippen LogP contribution in [0, 0.1) is 5.82 Å². The molecular weight excluding hydrogens is 331 g/mol. The van der Waals surface area contributed by atoms with Crippen LogP contribution in [0.3, 0.4) is 0 Å². The summed E-state index contributed by atoms with van der Waals surface area (Å²) in [5.41, 5.74) is 3.09. The van der Waals surface area contributed by atoms with Crippen molar-refractivity contribution >= 4 is 5.91 Å². The van der Waals surface area contributed by atoms with Crippen LogP contribution < -0.4 is 10.1 Å². The predicted molar refractivity (Wildman–Crippen MR) is 99.6 cm³/mol. The molecule has 2 aromatic carbocycles. The minimum absolute atomic E-state index is 0.0155. The Bertz CT molecular complexity index is 793. The lowest BCUT2D eigenvalue weighted by molar-refractivity contribution is -0.123. The van der Waals surface area contributed by atoms with Crippen LogP contribution in [-0.4, -0.2) is 31.0 Å². The minimum Gasteiger partial charge on any atom is -0.496 e. The molecule has 0 radical (unpaired) electrons. The molecule has 0 spiro atoms. The maximum atomic E-state index is 13.6. The summed E-state index contributed by atoms with van der Waals surface area (Å²) in [6.45, 7) is 5.04.